The molecule has 1 rings (SSSR count). The summed E-state index contributed by atoms with van der Waals surface area (Å²) in [5.41, 5.74) is -0.429. The Morgan fingerprint density at radius 2 is 1.93 bits per heavy atom. The lowest BCUT2D eigenvalue weighted by Gasteiger charge is -2.30. The van der Waals surface area contributed by atoms with Crippen molar-refractivity contribution in [2.45, 2.75) is 39.0 Å². The van der Waals surface area contributed by atoms with E-state index in [2.05, 4.69) is 4.74 Å². The summed E-state index contributed by atoms with van der Waals surface area (Å²) in [5.74, 6) is -1.88. The molecule has 0 aromatic rings. The van der Waals surface area contributed by atoms with E-state index in [4.69, 9.17) is 5.11 Å². The van der Waals surface area contributed by atoms with Crippen molar-refractivity contribution in [3.63, 3.8) is 0 Å². The zero-order chi connectivity index (χ0) is 11.5. The van der Waals surface area contributed by atoms with Crippen LogP contribution in [0.25, 0.3) is 0 Å². The number of hydrogen-bond donors (Lipinski definition) is 1. The van der Waals surface area contributed by atoms with Crippen LogP contribution < -0.4 is 0 Å². The van der Waals surface area contributed by atoms with Crippen LogP contribution in [0.3, 0.4) is 0 Å². The Labute approximate surface area is 87.4 Å². The normalized spacial score (nSPS) is 19.8. The van der Waals surface area contributed by atoms with Gasteiger partial charge in [-0.25, -0.2) is 0 Å². The first-order chi connectivity index (χ1) is 6.91. The van der Waals surface area contributed by atoms with E-state index in [0.29, 0.717) is 12.8 Å². The third-order valence-corrected chi connectivity index (χ3v) is 2.54. The number of carbonyl (C=O) groups excluding carboxylic acids is 2. The molecule has 0 atom stereocenters. The second kappa shape index (κ2) is 4.42. The molecule has 0 aromatic heterocycles. The van der Waals surface area contributed by atoms with E-state index in [0.717, 1.165) is 0 Å². The van der Waals surface area contributed by atoms with Crippen molar-refractivity contribution in [2.75, 3.05) is 0 Å². The molecule has 5 heteroatoms. The number of esters is 2. The Balaban J connectivity index is 2.46. The highest BCUT2D eigenvalue weighted by atomic mass is 16.6. The molecule has 0 unspecified atom stereocenters. The average Bonchev–Trinajstić information content (AvgIpc) is 1.98. The topological polar surface area (TPSA) is 80.7 Å². The Bertz CT molecular complexity index is 278. The number of cyclic esters (lactones) is 2. The summed E-state index contributed by atoms with van der Waals surface area (Å²) in [6, 6.07) is 0. The van der Waals surface area contributed by atoms with Gasteiger partial charge in [-0.1, -0.05) is 6.92 Å². The Kier molecular flexibility index (Phi) is 3.44. The van der Waals surface area contributed by atoms with Gasteiger partial charge in [0.25, 0.3) is 0 Å². The first-order valence-corrected chi connectivity index (χ1v) is 4.87. The first-order valence-electron chi connectivity index (χ1n) is 4.87. The molecule has 0 bridgehead atoms. The molecule has 0 saturated carbocycles. The molecule has 0 spiro atoms. The fourth-order valence-electron chi connectivity index (χ4n) is 1.80. The zero-order valence-corrected chi connectivity index (χ0v) is 8.62. The lowest BCUT2D eigenvalue weighted by molar-refractivity contribution is -0.168. The standard InChI is InChI=1S/C10H14O5/c1-10(4-2-3-7(11)12)5-8(13)15-9(14)6-10/h2-6H2,1H3,(H,11,12). The zero-order valence-electron chi connectivity index (χ0n) is 8.62. The second-order valence-electron chi connectivity index (χ2n) is 4.26. The van der Waals surface area contributed by atoms with Crippen LogP contribution in [-0.4, -0.2) is 23.0 Å². The molecule has 1 heterocycles. The third kappa shape index (κ3) is 3.69. The van der Waals surface area contributed by atoms with Crippen LogP contribution in [0.1, 0.15) is 39.0 Å². The molecule has 1 aliphatic rings. The van der Waals surface area contributed by atoms with Gasteiger partial charge in [0.05, 0.1) is 12.8 Å². The molecule has 0 aliphatic carbocycles. The van der Waals surface area contributed by atoms with Crippen molar-refractivity contribution >= 4 is 17.9 Å². The van der Waals surface area contributed by atoms with Crippen molar-refractivity contribution < 1.29 is 24.2 Å². The number of rotatable bonds is 4. The smallest absolute Gasteiger partial charge is 0.314 e. The van der Waals surface area contributed by atoms with Gasteiger partial charge in [0.15, 0.2) is 0 Å². The molecule has 1 aliphatic heterocycles. The van der Waals surface area contributed by atoms with Gasteiger partial charge in [0, 0.05) is 6.42 Å². The van der Waals surface area contributed by atoms with Crippen LogP contribution >= 0.6 is 0 Å². The maximum Gasteiger partial charge on any atom is 0.314 e. The Morgan fingerprint density at radius 1 is 1.40 bits per heavy atom. The van der Waals surface area contributed by atoms with Crippen molar-refractivity contribution in [1.29, 1.82) is 0 Å². The van der Waals surface area contributed by atoms with Crippen LogP contribution in [0.2, 0.25) is 0 Å². The van der Waals surface area contributed by atoms with Crippen molar-refractivity contribution in [3.8, 4) is 0 Å². The number of ether oxygens (including phenoxy) is 1. The molecule has 15 heavy (non-hydrogen) atoms. The first kappa shape index (κ1) is 11.7. The maximum atomic E-state index is 11.0. The number of carboxylic acids is 1. The highest BCUT2D eigenvalue weighted by Gasteiger charge is 2.36. The van der Waals surface area contributed by atoms with E-state index in [1.54, 1.807) is 0 Å². The highest BCUT2D eigenvalue weighted by molar-refractivity contribution is 5.89. The van der Waals surface area contributed by atoms with E-state index in [1.807, 2.05) is 6.92 Å². The van der Waals surface area contributed by atoms with E-state index in [9.17, 15) is 14.4 Å². The molecule has 5 nitrogen and oxygen atoms in total. The number of carboxylic acid groups (broad SMARTS) is 1. The maximum absolute atomic E-state index is 11.0. The number of hydrogen-bond acceptors (Lipinski definition) is 4. The lowest BCUT2D eigenvalue weighted by atomic mass is 9.77. The number of aliphatic carboxylic acids is 1. The van der Waals surface area contributed by atoms with Gasteiger partial charge in [0.1, 0.15) is 0 Å². The summed E-state index contributed by atoms with van der Waals surface area (Å²) in [7, 11) is 0. The minimum Gasteiger partial charge on any atom is -0.481 e. The van der Waals surface area contributed by atoms with Gasteiger partial charge in [-0.15, -0.1) is 0 Å². The molecule has 1 N–H and O–H groups in total. The molecule has 0 amide bonds. The minimum atomic E-state index is -0.858. The molecule has 0 aromatic carbocycles. The highest BCUT2D eigenvalue weighted by Crippen LogP contribution is 2.36. The van der Waals surface area contributed by atoms with Crippen LogP contribution in [-0.2, 0) is 19.1 Å². The van der Waals surface area contributed by atoms with Gasteiger partial charge in [0.2, 0.25) is 0 Å². The summed E-state index contributed by atoms with van der Waals surface area (Å²) < 4.78 is 4.41. The van der Waals surface area contributed by atoms with Crippen LogP contribution in [0.4, 0.5) is 0 Å². The predicted octanol–water partition coefficient (Wildman–Crippen LogP) is 1.11. The van der Waals surface area contributed by atoms with Crippen molar-refractivity contribution in [3.05, 3.63) is 0 Å². The SMILES string of the molecule is CC1(CCCC(=O)O)CC(=O)OC(=O)C1. The van der Waals surface area contributed by atoms with E-state index in [1.165, 1.54) is 0 Å². The van der Waals surface area contributed by atoms with E-state index in [-0.39, 0.29) is 19.3 Å². The van der Waals surface area contributed by atoms with E-state index < -0.39 is 23.3 Å². The average molecular weight is 214 g/mol. The molecule has 1 fully saturated rings. The lowest BCUT2D eigenvalue weighted by Crippen LogP contribution is -2.33. The van der Waals surface area contributed by atoms with Crippen LogP contribution in [0.5, 0.6) is 0 Å². The Morgan fingerprint density at radius 3 is 2.40 bits per heavy atom. The van der Waals surface area contributed by atoms with E-state index >= 15 is 0 Å². The second-order valence-corrected chi connectivity index (χ2v) is 4.26. The van der Waals surface area contributed by atoms with Gasteiger partial charge in [-0.2, -0.15) is 0 Å². The largest absolute Gasteiger partial charge is 0.481 e. The molecule has 1 saturated heterocycles. The summed E-state index contributed by atoms with van der Waals surface area (Å²) in [6.07, 6.45) is 1.49. The number of carbonyl (C=O) groups is 3. The molecular formula is C10H14O5. The third-order valence-electron chi connectivity index (χ3n) is 2.54. The summed E-state index contributed by atoms with van der Waals surface area (Å²) in [6.45, 7) is 1.81. The quantitative estimate of drug-likeness (QED) is 0.560. The molecular weight excluding hydrogens is 200 g/mol. The van der Waals surface area contributed by atoms with Gasteiger partial charge < -0.3 is 9.84 Å². The van der Waals surface area contributed by atoms with Gasteiger partial charge >= 0.3 is 17.9 Å². The monoisotopic (exact) mass is 214 g/mol. The van der Waals surface area contributed by atoms with Crippen molar-refractivity contribution in [1.82, 2.24) is 0 Å². The molecule has 84 valence electrons. The van der Waals surface area contributed by atoms with Gasteiger partial charge in [-0.3, -0.25) is 14.4 Å². The minimum absolute atomic E-state index is 0.0683. The van der Waals surface area contributed by atoms with Gasteiger partial charge in [-0.05, 0) is 18.3 Å². The summed E-state index contributed by atoms with van der Waals surface area (Å²) in [5, 5.41) is 8.47. The van der Waals surface area contributed by atoms with Crippen LogP contribution in [0.15, 0.2) is 0 Å². The fraction of sp³-hybridized carbons (Fsp3) is 0.700. The summed E-state index contributed by atoms with van der Waals surface area (Å²) in [4.78, 5) is 32.4. The molecule has 0 radical (unpaired) electrons. The predicted molar refractivity (Wildman–Crippen MR) is 49.9 cm³/mol. The Hall–Kier alpha value is -1.39. The van der Waals surface area contributed by atoms with Crippen LogP contribution in [0, 0.1) is 5.41 Å². The van der Waals surface area contributed by atoms with Crippen molar-refractivity contribution in [2.24, 2.45) is 5.41 Å². The fourth-order valence-corrected chi connectivity index (χ4v) is 1.80. The summed E-state index contributed by atoms with van der Waals surface area (Å²) >= 11 is 0.